The molecule has 1 atom stereocenters. The van der Waals surface area contributed by atoms with Gasteiger partial charge in [0.2, 0.25) is 6.29 Å². The van der Waals surface area contributed by atoms with Gasteiger partial charge in [0.1, 0.15) is 0 Å². The topological polar surface area (TPSA) is 23.6 Å². The summed E-state index contributed by atoms with van der Waals surface area (Å²) in [5.41, 5.74) is 1.38. The standard InChI is InChI=1S/C15H21N2O/c1-14(13-18)11-16-7-9-17(10-8-16)12-15-5-3-2-4-6-15/h2-6,14H,7-12H2,1H3. The highest BCUT2D eigenvalue weighted by molar-refractivity contribution is 5.54. The van der Waals surface area contributed by atoms with Gasteiger partial charge < -0.3 is 4.90 Å². The fourth-order valence-corrected chi connectivity index (χ4v) is 2.40. The fourth-order valence-electron chi connectivity index (χ4n) is 2.40. The van der Waals surface area contributed by atoms with Gasteiger partial charge in [-0.15, -0.1) is 0 Å². The normalized spacial score (nSPS) is 19.6. The zero-order valence-corrected chi connectivity index (χ0v) is 11.0. The van der Waals surface area contributed by atoms with E-state index in [-0.39, 0.29) is 5.92 Å². The summed E-state index contributed by atoms with van der Waals surface area (Å²) in [6.45, 7) is 8.09. The molecule has 1 aromatic carbocycles. The smallest absolute Gasteiger partial charge is 0.202 e. The van der Waals surface area contributed by atoms with Crippen molar-refractivity contribution in [1.29, 1.82) is 0 Å². The molecule has 0 bridgehead atoms. The van der Waals surface area contributed by atoms with Crippen molar-refractivity contribution in [3.8, 4) is 0 Å². The maximum absolute atomic E-state index is 10.5. The molecule has 1 saturated heterocycles. The molecule has 1 radical (unpaired) electrons. The molecule has 1 heterocycles. The largest absolute Gasteiger partial charge is 0.300 e. The van der Waals surface area contributed by atoms with Crippen LogP contribution in [0.5, 0.6) is 0 Å². The molecule has 97 valence electrons. The SMILES string of the molecule is CC([C]=O)CN1CCN(Cc2ccccc2)CC1. The van der Waals surface area contributed by atoms with Crippen LogP contribution in [0, 0.1) is 5.92 Å². The Morgan fingerprint density at radius 3 is 2.33 bits per heavy atom. The maximum Gasteiger partial charge on any atom is 0.202 e. The first kappa shape index (κ1) is 13.2. The zero-order chi connectivity index (χ0) is 12.8. The molecule has 0 aliphatic carbocycles. The van der Waals surface area contributed by atoms with E-state index in [0.717, 1.165) is 39.3 Å². The van der Waals surface area contributed by atoms with E-state index in [1.807, 2.05) is 6.92 Å². The van der Waals surface area contributed by atoms with Crippen LogP contribution in [0.25, 0.3) is 0 Å². The lowest BCUT2D eigenvalue weighted by atomic mass is 10.1. The lowest BCUT2D eigenvalue weighted by Gasteiger charge is -2.35. The van der Waals surface area contributed by atoms with E-state index in [1.54, 1.807) is 0 Å². The lowest BCUT2D eigenvalue weighted by Crippen LogP contribution is -2.47. The highest BCUT2D eigenvalue weighted by atomic mass is 16.1. The van der Waals surface area contributed by atoms with Crippen LogP contribution in [0.4, 0.5) is 0 Å². The number of carbonyl (C=O) groups excluding carboxylic acids is 1. The Morgan fingerprint density at radius 2 is 1.72 bits per heavy atom. The van der Waals surface area contributed by atoms with Crippen LogP contribution in [-0.4, -0.2) is 48.8 Å². The predicted octanol–water partition coefficient (Wildman–Crippen LogP) is 1.55. The van der Waals surface area contributed by atoms with Crippen LogP contribution in [0.3, 0.4) is 0 Å². The van der Waals surface area contributed by atoms with E-state index in [2.05, 4.69) is 46.4 Å². The van der Waals surface area contributed by atoms with E-state index in [4.69, 9.17) is 0 Å². The van der Waals surface area contributed by atoms with E-state index < -0.39 is 0 Å². The second-order valence-corrected chi connectivity index (χ2v) is 5.08. The number of hydrogen-bond donors (Lipinski definition) is 0. The minimum atomic E-state index is 0.0330. The summed E-state index contributed by atoms with van der Waals surface area (Å²) >= 11 is 0. The van der Waals surface area contributed by atoms with Gasteiger partial charge in [-0.2, -0.15) is 0 Å². The van der Waals surface area contributed by atoms with Gasteiger partial charge in [-0.1, -0.05) is 37.3 Å². The van der Waals surface area contributed by atoms with Gasteiger partial charge in [0.05, 0.1) is 0 Å². The van der Waals surface area contributed by atoms with E-state index in [9.17, 15) is 4.79 Å². The summed E-state index contributed by atoms with van der Waals surface area (Å²) in [4.78, 5) is 15.4. The summed E-state index contributed by atoms with van der Waals surface area (Å²) in [5.74, 6) is 0.0330. The Labute approximate surface area is 109 Å². The molecule has 0 saturated carbocycles. The van der Waals surface area contributed by atoms with Crippen molar-refractivity contribution in [2.75, 3.05) is 32.7 Å². The van der Waals surface area contributed by atoms with Crippen LogP contribution in [0.1, 0.15) is 12.5 Å². The predicted molar refractivity (Wildman–Crippen MR) is 73.0 cm³/mol. The second-order valence-electron chi connectivity index (χ2n) is 5.08. The monoisotopic (exact) mass is 245 g/mol. The van der Waals surface area contributed by atoms with Crippen molar-refractivity contribution < 1.29 is 4.79 Å². The quantitative estimate of drug-likeness (QED) is 0.786. The molecular formula is C15H21N2O. The summed E-state index contributed by atoms with van der Waals surface area (Å²) in [7, 11) is 0. The first-order valence-corrected chi connectivity index (χ1v) is 6.64. The van der Waals surface area contributed by atoms with Crippen molar-refractivity contribution in [1.82, 2.24) is 9.80 Å². The van der Waals surface area contributed by atoms with Gasteiger partial charge in [-0.3, -0.25) is 9.69 Å². The molecule has 1 unspecified atom stereocenters. The molecule has 0 amide bonds. The van der Waals surface area contributed by atoms with Gasteiger partial charge in [-0.05, 0) is 5.56 Å². The van der Waals surface area contributed by atoms with Gasteiger partial charge in [0.25, 0.3) is 0 Å². The molecule has 0 N–H and O–H groups in total. The number of rotatable bonds is 5. The van der Waals surface area contributed by atoms with Crippen molar-refractivity contribution in [3.63, 3.8) is 0 Å². The molecule has 3 heteroatoms. The second kappa shape index (κ2) is 6.66. The highest BCUT2D eigenvalue weighted by Gasteiger charge is 2.18. The van der Waals surface area contributed by atoms with Gasteiger partial charge in [0.15, 0.2) is 0 Å². The van der Waals surface area contributed by atoms with Gasteiger partial charge in [-0.25, -0.2) is 0 Å². The third-order valence-electron chi connectivity index (χ3n) is 3.45. The highest BCUT2D eigenvalue weighted by Crippen LogP contribution is 2.09. The number of hydrogen-bond acceptors (Lipinski definition) is 3. The van der Waals surface area contributed by atoms with Gasteiger partial charge in [0, 0.05) is 45.2 Å². The molecule has 0 aromatic heterocycles. The third-order valence-corrected chi connectivity index (χ3v) is 3.45. The van der Waals surface area contributed by atoms with Crippen molar-refractivity contribution >= 4 is 6.29 Å². The van der Waals surface area contributed by atoms with Crippen LogP contribution >= 0.6 is 0 Å². The van der Waals surface area contributed by atoms with Crippen molar-refractivity contribution in [2.24, 2.45) is 5.92 Å². The molecule has 1 aromatic rings. The van der Waals surface area contributed by atoms with Crippen LogP contribution < -0.4 is 0 Å². The Balaban J connectivity index is 1.75. The molecule has 1 aliphatic rings. The van der Waals surface area contributed by atoms with E-state index in [1.165, 1.54) is 5.56 Å². The minimum Gasteiger partial charge on any atom is -0.300 e. The Bertz CT molecular complexity index is 358. The average molecular weight is 245 g/mol. The first-order valence-electron chi connectivity index (χ1n) is 6.64. The summed E-state index contributed by atoms with van der Waals surface area (Å²) in [5, 5.41) is 0. The fraction of sp³-hybridized carbons (Fsp3) is 0.533. The summed E-state index contributed by atoms with van der Waals surface area (Å²) in [6, 6.07) is 10.6. The first-order chi connectivity index (χ1) is 8.78. The van der Waals surface area contributed by atoms with Crippen molar-refractivity contribution in [3.05, 3.63) is 35.9 Å². The molecule has 1 fully saturated rings. The molecular weight excluding hydrogens is 224 g/mol. The molecule has 0 spiro atoms. The number of benzene rings is 1. The Hall–Kier alpha value is -1.19. The number of nitrogens with zero attached hydrogens (tertiary/aromatic N) is 2. The van der Waals surface area contributed by atoms with Crippen LogP contribution in [0.15, 0.2) is 30.3 Å². The molecule has 3 nitrogen and oxygen atoms in total. The number of piperazine rings is 1. The average Bonchev–Trinajstić information content (AvgIpc) is 2.42. The maximum atomic E-state index is 10.5. The molecule has 2 rings (SSSR count). The zero-order valence-electron chi connectivity index (χ0n) is 11.0. The third kappa shape index (κ3) is 3.93. The van der Waals surface area contributed by atoms with Crippen LogP contribution in [-0.2, 0) is 11.3 Å². The molecule has 1 aliphatic heterocycles. The van der Waals surface area contributed by atoms with Crippen molar-refractivity contribution in [2.45, 2.75) is 13.5 Å². The van der Waals surface area contributed by atoms with E-state index >= 15 is 0 Å². The summed E-state index contributed by atoms with van der Waals surface area (Å²) < 4.78 is 0. The summed E-state index contributed by atoms with van der Waals surface area (Å²) in [6.07, 6.45) is 2.06. The van der Waals surface area contributed by atoms with E-state index in [0.29, 0.717) is 0 Å². The lowest BCUT2D eigenvalue weighted by molar-refractivity contribution is 0.122. The Kier molecular flexibility index (Phi) is 4.90. The minimum absolute atomic E-state index is 0.0330. The molecule has 18 heavy (non-hydrogen) atoms. The Morgan fingerprint density at radius 1 is 1.11 bits per heavy atom. The van der Waals surface area contributed by atoms with Crippen LogP contribution in [0.2, 0.25) is 0 Å². The van der Waals surface area contributed by atoms with Gasteiger partial charge >= 0.3 is 0 Å².